The minimum atomic E-state index is -0.271. The van der Waals surface area contributed by atoms with E-state index in [4.69, 9.17) is 9.47 Å². The first kappa shape index (κ1) is 18.7. The van der Waals surface area contributed by atoms with Gasteiger partial charge in [0.05, 0.1) is 6.10 Å². The predicted octanol–water partition coefficient (Wildman–Crippen LogP) is 2.83. The van der Waals surface area contributed by atoms with Gasteiger partial charge in [0.2, 0.25) is 5.91 Å². The number of anilines is 1. The number of rotatable bonds is 5. The topological polar surface area (TPSA) is 67.9 Å². The van der Waals surface area contributed by atoms with E-state index in [2.05, 4.69) is 5.32 Å². The van der Waals surface area contributed by atoms with E-state index < -0.39 is 0 Å². The van der Waals surface area contributed by atoms with Crippen LogP contribution in [0.25, 0.3) is 0 Å². The Bertz CT molecular complexity index is 615. The Hall–Kier alpha value is -2.08. The fourth-order valence-corrected chi connectivity index (χ4v) is 3.47. The number of carbonyl (C=O) groups excluding carboxylic acids is 2. The van der Waals surface area contributed by atoms with Crippen LogP contribution in [0.3, 0.4) is 0 Å². The van der Waals surface area contributed by atoms with E-state index in [1.54, 1.807) is 0 Å². The Morgan fingerprint density at radius 1 is 1.15 bits per heavy atom. The van der Waals surface area contributed by atoms with Gasteiger partial charge in [0.1, 0.15) is 11.9 Å². The first-order valence-corrected chi connectivity index (χ1v) is 9.51. The lowest BCUT2D eigenvalue weighted by Crippen LogP contribution is -2.45. The van der Waals surface area contributed by atoms with Gasteiger partial charge in [-0.1, -0.05) is 0 Å². The quantitative estimate of drug-likeness (QED) is 0.877. The molecule has 2 saturated heterocycles. The third-order valence-electron chi connectivity index (χ3n) is 4.88. The number of nitrogens with one attached hydrogen (secondary N) is 1. The minimum absolute atomic E-state index is 0.0201. The van der Waals surface area contributed by atoms with Crippen molar-refractivity contribution in [2.24, 2.45) is 5.92 Å². The molecule has 2 fully saturated rings. The molecule has 0 aliphatic carbocycles. The van der Waals surface area contributed by atoms with Crippen molar-refractivity contribution in [2.75, 3.05) is 25.0 Å². The molecule has 1 unspecified atom stereocenters. The molecule has 26 heavy (non-hydrogen) atoms. The van der Waals surface area contributed by atoms with Crippen molar-refractivity contribution in [3.63, 3.8) is 0 Å². The maximum atomic E-state index is 12.5. The van der Waals surface area contributed by atoms with Crippen LogP contribution >= 0.6 is 0 Å². The molecule has 0 spiro atoms. The van der Waals surface area contributed by atoms with Crippen LogP contribution in [0, 0.1) is 5.92 Å². The Morgan fingerprint density at radius 3 is 2.42 bits per heavy atom. The summed E-state index contributed by atoms with van der Waals surface area (Å²) in [5, 5.41) is 2.97. The molecular weight excluding hydrogens is 332 g/mol. The molecule has 1 aromatic carbocycles. The average molecular weight is 360 g/mol. The number of nitrogens with zero attached hydrogens (tertiary/aromatic N) is 1. The number of piperidine rings is 1. The molecule has 2 aliphatic rings. The first-order chi connectivity index (χ1) is 12.5. The van der Waals surface area contributed by atoms with E-state index in [9.17, 15) is 9.59 Å². The summed E-state index contributed by atoms with van der Waals surface area (Å²) in [7, 11) is 0. The van der Waals surface area contributed by atoms with E-state index in [0.29, 0.717) is 32.5 Å². The molecule has 6 nitrogen and oxygen atoms in total. The molecule has 2 amide bonds. The van der Waals surface area contributed by atoms with Gasteiger partial charge in [-0.15, -0.1) is 0 Å². The Labute approximate surface area is 154 Å². The molecule has 1 N–H and O–H groups in total. The number of carbonyl (C=O) groups is 2. The van der Waals surface area contributed by atoms with Crippen LogP contribution in [-0.4, -0.2) is 48.6 Å². The highest BCUT2D eigenvalue weighted by Gasteiger charge is 2.32. The third-order valence-corrected chi connectivity index (χ3v) is 4.88. The molecule has 0 radical (unpaired) electrons. The van der Waals surface area contributed by atoms with Crippen molar-refractivity contribution in [3.05, 3.63) is 24.3 Å². The fourth-order valence-electron chi connectivity index (χ4n) is 3.47. The molecule has 1 atom stereocenters. The van der Waals surface area contributed by atoms with Gasteiger partial charge in [0, 0.05) is 31.3 Å². The smallest absolute Gasteiger partial charge is 0.251 e. The van der Waals surface area contributed by atoms with Crippen LogP contribution in [0.1, 0.15) is 39.5 Å². The van der Waals surface area contributed by atoms with Crippen LogP contribution in [-0.2, 0) is 14.3 Å². The van der Waals surface area contributed by atoms with Crippen LogP contribution in [0.5, 0.6) is 5.75 Å². The molecule has 6 heteroatoms. The number of ether oxygens (including phenoxy) is 2. The van der Waals surface area contributed by atoms with Crippen LogP contribution in [0.15, 0.2) is 24.3 Å². The number of hydrogen-bond donors (Lipinski definition) is 1. The van der Waals surface area contributed by atoms with Crippen LogP contribution in [0.2, 0.25) is 0 Å². The Kier molecular flexibility index (Phi) is 6.14. The number of hydrogen-bond acceptors (Lipinski definition) is 4. The van der Waals surface area contributed by atoms with E-state index in [-0.39, 0.29) is 29.9 Å². The second-order valence-corrected chi connectivity index (χ2v) is 7.28. The summed E-state index contributed by atoms with van der Waals surface area (Å²) in [6, 6.07) is 7.42. The molecule has 2 aliphatic heterocycles. The lowest BCUT2D eigenvalue weighted by molar-refractivity contribution is -0.143. The maximum absolute atomic E-state index is 12.5. The summed E-state index contributed by atoms with van der Waals surface area (Å²) in [4.78, 5) is 26.7. The second kappa shape index (κ2) is 8.54. The highest BCUT2D eigenvalue weighted by Crippen LogP contribution is 2.23. The zero-order valence-corrected chi connectivity index (χ0v) is 15.6. The van der Waals surface area contributed by atoms with Crippen molar-refractivity contribution in [3.8, 4) is 5.75 Å². The second-order valence-electron chi connectivity index (χ2n) is 7.28. The number of benzene rings is 1. The predicted molar refractivity (Wildman–Crippen MR) is 99.1 cm³/mol. The molecule has 0 bridgehead atoms. The van der Waals surface area contributed by atoms with Crippen molar-refractivity contribution in [2.45, 2.75) is 51.7 Å². The largest absolute Gasteiger partial charge is 0.491 e. The summed E-state index contributed by atoms with van der Waals surface area (Å²) in [5.74, 6) is 0.836. The summed E-state index contributed by atoms with van der Waals surface area (Å²) in [6.45, 7) is 5.88. The van der Waals surface area contributed by atoms with Crippen molar-refractivity contribution >= 4 is 17.5 Å². The fraction of sp³-hybridized carbons (Fsp3) is 0.600. The average Bonchev–Trinajstić information content (AvgIpc) is 3.17. The van der Waals surface area contributed by atoms with E-state index in [0.717, 1.165) is 24.3 Å². The van der Waals surface area contributed by atoms with Gasteiger partial charge >= 0.3 is 0 Å². The summed E-state index contributed by atoms with van der Waals surface area (Å²) in [6.07, 6.45) is 3.01. The molecule has 0 saturated carbocycles. The molecule has 142 valence electrons. The van der Waals surface area contributed by atoms with Crippen molar-refractivity contribution in [1.82, 2.24) is 4.90 Å². The minimum Gasteiger partial charge on any atom is -0.491 e. The lowest BCUT2D eigenvalue weighted by atomic mass is 9.95. The zero-order chi connectivity index (χ0) is 18.5. The third kappa shape index (κ3) is 4.75. The molecule has 0 aromatic heterocycles. The number of amides is 2. The Morgan fingerprint density at radius 2 is 1.85 bits per heavy atom. The summed E-state index contributed by atoms with van der Waals surface area (Å²) >= 11 is 0. The van der Waals surface area contributed by atoms with Crippen molar-refractivity contribution < 1.29 is 19.1 Å². The zero-order valence-electron chi connectivity index (χ0n) is 15.6. The van der Waals surface area contributed by atoms with Gasteiger partial charge in [-0.25, -0.2) is 0 Å². The molecule has 1 aromatic rings. The SMILES string of the molecule is CC(C)Oc1ccc(NC(=O)C2CCN(C(=O)C3CCCO3)CC2)cc1. The summed E-state index contributed by atoms with van der Waals surface area (Å²) in [5.41, 5.74) is 0.768. The van der Waals surface area contributed by atoms with Gasteiger partial charge in [-0.3, -0.25) is 9.59 Å². The van der Waals surface area contributed by atoms with Gasteiger partial charge in [0.15, 0.2) is 0 Å². The summed E-state index contributed by atoms with van der Waals surface area (Å²) < 4.78 is 11.1. The Balaban J connectivity index is 1.46. The molecule has 3 rings (SSSR count). The van der Waals surface area contributed by atoms with Crippen molar-refractivity contribution in [1.29, 1.82) is 0 Å². The van der Waals surface area contributed by atoms with Gasteiger partial charge in [-0.2, -0.15) is 0 Å². The number of likely N-dealkylation sites (tertiary alicyclic amines) is 1. The first-order valence-electron chi connectivity index (χ1n) is 9.51. The van der Waals surface area contributed by atoms with E-state index >= 15 is 0 Å². The standard InChI is InChI=1S/C20H28N2O4/c1-14(2)26-17-7-5-16(6-8-17)21-19(23)15-9-11-22(12-10-15)20(24)18-4-3-13-25-18/h5-8,14-15,18H,3-4,9-13H2,1-2H3,(H,21,23). The lowest BCUT2D eigenvalue weighted by Gasteiger charge is -2.32. The van der Waals surface area contributed by atoms with Gasteiger partial charge in [0.25, 0.3) is 5.91 Å². The van der Waals surface area contributed by atoms with Gasteiger partial charge in [-0.05, 0) is 63.8 Å². The van der Waals surface area contributed by atoms with Gasteiger partial charge < -0.3 is 19.7 Å². The highest BCUT2D eigenvalue weighted by atomic mass is 16.5. The highest BCUT2D eigenvalue weighted by molar-refractivity contribution is 5.92. The normalized spacial score (nSPS) is 21.0. The van der Waals surface area contributed by atoms with Crippen LogP contribution < -0.4 is 10.1 Å². The van der Waals surface area contributed by atoms with Crippen LogP contribution in [0.4, 0.5) is 5.69 Å². The van der Waals surface area contributed by atoms with E-state index in [1.807, 2.05) is 43.0 Å². The maximum Gasteiger partial charge on any atom is 0.251 e. The monoisotopic (exact) mass is 360 g/mol. The molecule has 2 heterocycles. The molecular formula is C20H28N2O4. The van der Waals surface area contributed by atoms with E-state index in [1.165, 1.54) is 0 Å².